The molecular weight excluding hydrogens is 133 g/mol. The summed E-state index contributed by atoms with van der Waals surface area (Å²) in [7, 11) is 1.53. The minimum atomic E-state index is -0.447. The van der Waals surface area contributed by atoms with Crippen molar-refractivity contribution in [3.8, 4) is 0 Å². The lowest BCUT2D eigenvalue weighted by Gasteiger charge is -1.87. The van der Waals surface area contributed by atoms with Gasteiger partial charge in [-0.15, -0.1) is 0 Å². The third-order valence-electron chi connectivity index (χ3n) is 1.42. The molecule has 0 saturated heterocycles. The van der Waals surface area contributed by atoms with E-state index in [0.717, 1.165) is 4.68 Å². The van der Waals surface area contributed by atoms with Crippen LogP contribution in [-0.4, -0.2) is 9.78 Å². The molecule has 10 heavy (non-hydrogen) atoms. The van der Waals surface area contributed by atoms with E-state index < -0.39 is 5.95 Å². The summed E-state index contributed by atoms with van der Waals surface area (Å²) in [6, 6.07) is 0. The van der Waals surface area contributed by atoms with Crippen LogP contribution in [0.1, 0.15) is 12.6 Å². The number of hydrogen-bond donors (Lipinski definition) is 1. The van der Waals surface area contributed by atoms with Crippen LogP contribution >= 0.6 is 0 Å². The summed E-state index contributed by atoms with van der Waals surface area (Å²) in [6.45, 7) is 1.89. The smallest absolute Gasteiger partial charge is 0.234 e. The molecule has 0 bridgehead atoms. The number of halogens is 1. The minimum absolute atomic E-state index is 0.171. The van der Waals surface area contributed by atoms with Crippen molar-refractivity contribution in [3.63, 3.8) is 0 Å². The molecule has 0 radical (unpaired) electrons. The van der Waals surface area contributed by atoms with Gasteiger partial charge in [-0.3, -0.25) is 0 Å². The standard InChI is InChI=1S/C6H10FN3/c1-3-4-5(8)6(7)10(2)9-4/h3,8H2,1-2H3. The van der Waals surface area contributed by atoms with Crippen LogP contribution in [0.25, 0.3) is 0 Å². The largest absolute Gasteiger partial charge is 0.393 e. The summed E-state index contributed by atoms with van der Waals surface area (Å²) in [5, 5.41) is 3.84. The molecule has 0 atom stereocenters. The van der Waals surface area contributed by atoms with Gasteiger partial charge in [-0.2, -0.15) is 9.49 Å². The first-order valence-electron chi connectivity index (χ1n) is 3.13. The lowest BCUT2D eigenvalue weighted by Crippen LogP contribution is -1.94. The SMILES string of the molecule is CCc1nn(C)c(F)c1N. The van der Waals surface area contributed by atoms with Gasteiger partial charge in [0.05, 0.1) is 5.69 Å². The molecular formula is C6H10FN3. The van der Waals surface area contributed by atoms with Crippen molar-refractivity contribution in [2.24, 2.45) is 7.05 Å². The monoisotopic (exact) mass is 143 g/mol. The Balaban J connectivity index is 3.17. The second kappa shape index (κ2) is 2.28. The van der Waals surface area contributed by atoms with Crippen molar-refractivity contribution < 1.29 is 4.39 Å². The van der Waals surface area contributed by atoms with E-state index in [4.69, 9.17) is 5.73 Å². The van der Waals surface area contributed by atoms with Gasteiger partial charge in [0.2, 0.25) is 5.95 Å². The van der Waals surface area contributed by atoms with Gasteiger partial charge in [0.25, 0.3) is 0 Å². The predicted molar refractivity (Wildman–Crippen MR) is 37.0 cm³/mol. The van der Waals surface area contributed by atoms with Crippen LogP contribution < -0.4 is 5.73 Å². The number of aryl methyl sites for hydroxylation is 2. The summed E-state index contributed by atoms with van der Waals surface area (Å²) >= 11 is 0. The van der Waals surface area contributed by atoms with Crippen molar-refractivity contribution in [3.05, 3.63) is 11.6 Å². The zero-order valence-electron chi connectivity index (χ0n) is 6.06. The Kier molecular flexibility index (Phi) is 1.61. The highest BCUT2D eigenvalue weighted by atomic mass is 19.1. The van der Waals surface area contributed by atoms with Crippen LogP contribution in [0.5, 0.6) is 0 Å². The molecule has 0 aliphatic rings. The molecule has 0 aromatic carbocycles. The normalized spacial score (nSPS) is 10.3. The number of anilines is 1. The number of nitrogen functional groups attached to an aromatic ring is 1. The van der Waals surface area contributed by atoms with Gasteiger partial charge in [-0.25, -0.2) is 4.68 Å². The summed E-state index contributed by atoms with van der Waals surface area (Å²) in [5.41, 5.74) is 6.15. The Morgan fingerprint density at radius 2 is 2.30 bits per heavy atom. The van der Waals surface area contributed by atoms with Crippen LogP contribution in [-0.2, 0) is 13.5 Å². The summed E-state index contributed by atoms with van der Waals surface area (Å²) < 4.78 is 13.9. The van der Waals surface area contributed by atoms with Gasteiger partial charge in [-0.1, -0.05) is 6.92 Å². The topological polar surface area (TPSA) is 43.8 Å². The number of aromatic nitrogens is 2. The molecule has 0 aliphatic carbocycles. The van der Waals surface area contributed by atoms with E-state index in [2.05, 4.69) is 5.10 Å². The van der Waals surface area contributed by atoms with Crippen molar-refractivity contribution in [1.82, 2.24) is 9.78 Å². The summed E-state index contributed by atoms with van der Waals surface area (Å²) in [6.07, 6.45) is 0.670. The van der Waals surface area contributed by atoms with Crippen molar-refractivity contribution in [1.29, 1.82) is 0 Å². The molecule has 0 amide bonds. The molecule has 1 aromatic rings. The lowest BCUT2D eigenvalue weighted by atomic mass is 10.3. The van der Waals surface area contributed by atoms with Gasteiger partial charge in [-0.05, 0) is 6.42 Å². The zero-order valence-corrected chi connectivity index (χ0v) is 6.06. The van der Waals surface area contributed by atoms with Crippen LogP contribution in [0.3, 0.4) is 0 Å². The molecule has 56 valence electrons. The fourth-order valence-electron chi connectivity index (χ4n) is 0.833. The van der Waals surface area contributed by atoms with Crippen molar-refractivity contribution in [2.75, 3.05) is 5.73 Å². The number of hydrogen-bond acceptors (Lipinski definition) is 2. The van der Waals surface area contributed by atoms with Crippen LogP contribution in [0.15, 0.2) is 0 Å². The number of nitrogens with zero attached hydrogens (tertiary/aromatic N) is 2. The molecule has 0 aliphatic heterocycles. The Morgan fingerprint density at radius 1 is 1.70 bits per heavy atom. The third-order valence-corrected chi connectivity index (χ3v) is 1.42. The van der Waals surface area contributed by atoms with Crippen LogP contribution in [0.4, 0.5) is 10.1 Å². The zero-order chi connectivity index (χ0) is 7.72. The third kappa shape index (κ3) is 0.853. The maximum atomic E-state index is 12.7. The van der Waals surface area contributed by atoms with E-state index in [0.29, 0.717) is 12.1 Å². The molecule has 0 fully saturated rings. The Morgan fingerprint density at radius 3 is 2.50 bits per heavy atom. The van der Waals surface area contributed by atoms with Crippen molar-refractivity contribution in [2.45, 2.75) is 13.3 Å². The molecule has 0 unspecified atom stereocenters. The quantitative estimate of drug-likeness (QED) is 0.629. The van der Waals surface area contributed by atoms with E-state index in [-0.39, 0.29) is 5.69 Å². The van der Waals surface area contributed by atoms with Crippen LogP contribution in [0.2, 0.25) is 0 Å². The Bertz CT molecular complexity index is 241. The second-order valence-corrected chi connectivity index (χ2v) is 2.13. The van der Waals surface area contributed by atoms with E-state index >= 15 is 0 Å². The molecule has 0 saturated carbocycles. The Labute approximate surface area is 58.6 Å². The molecule has 1 rings (SSSR count). The predicted octanol–water partition coefficient (Wildman–Crippen LogP) is 0.704. The van der Waals surface area contributed by atoms with E-state index in [1.54, 1.807) is 0 Å². The van der Waals surface area contributed by atoms with E-state index in [9.17, 15) is 4.39 Å². The van der Waals surface area contributed by atoms with Gasteiger partial charge in [0.1, 0.15) is 5.69 Å². The highest BCUT2D eigenvalue weighted by Gasteiger charge is 2.09. The molecule has 0 spiro atoms. The average Bonchev–Trinajstić information content (AvgIpc) is 2.17. The lowest BCUT2D eigenvalue weighted by molar-refractivity contribution is 0.506. The number of nitrogens with two attached hydrogens (primary N) is 1. The maximum Gasteiger partial charge on any atom is 0.234 e. The maximum absolute atomic E-state index is 12.7. The Hall–Kier alpha value is -1.06. The highest BCUT2D eigenvalue weighted by molar-refractivity contribution is 5.41. The fraction of sp³-hybridized carbons (Fsp3) is 0.500. The first-order chi connectivity index (χ1) is 4.66. The average molecular weight is 143 g/mol. The van der Waals surface area contributed by atoms with Gasteiger partial charge >= 0.3 is 0 Å². The first-order valence-corrected chi connectivity index (χ1v) is 3.13. The molecule has 1 heterocycles. The second-order valence-electron chi connectivity index (χ2n) is 2.13. The minimum Gasteiger partial charge on any atom is -0.393 e. The first kappa shape index (κ1) is 7.05. The summed E-state index contributed by atoms with van der Waals surface area (Å²) in [5.74, 6) is -0.447. The molecule has 3 nitrogen and oxygen atoms in total. The highest BCUT2D eigenvalue weighted by Crippen LogP contribution is 2.13. The van der Waals surface area contributed by atoms with Gasteiger partial charge in [0.15, 0.2) is 0 Å². The molecule has 1 aromatic heterocycles. The number of rotatable bonds is 1. The molecule has 4 heteroatoms. The van der Waals surface area contributed by atoms with Crippen molar-refractivity contribution >= 4 is 5.69 Å². The van der Waals surface area contributed by atoms with Crippen LogP contribution in [0, 0.1) is 5.95 Å². The van der Waals surface area contributed by atoms with E-state index in [1.165, 1.54) is 7.05 Å². The molecule has 2 N–H and O–H groups in total. The summed E-state index contributed by atoms with van der Waals surface area (Å²) in [4.78, 5) is 0. The fourth-order valence-corrected chi connectivity index (χ4v) is 0.833. The van der Waals surface area contributed by atoms with Gasteiger partial charge < -0.3 is 5.73 Å². The van der Waals surface area contributed by atoms with Gasteiger partial charge in [0, 0.05) is 7.05 Å². The van der Waals surface area contributed by atoms with E-state index in [1.807, 2.05) is 6.92 Å².